The third-order valence-corrected chi connectivity index (χ3v) is 6.18. The number of rotatable bonds is 7. The Balaban J connectivity index is 1.78. The molecule has 3 rings (SSSR count). The van der Waals surface area contributed by atoms with Crippen LogP contribution in [-0.2, 0) is 4.79 Å². The largest absolute Gasteiger partial charge is 0.493 e. The molecule has 2 aromatic rings. The molecule has 0 saturated carbocycles. The van der Waals surface area contributed by atoms with Gasteiger partial charge in [-0.25, -0.2) is 0 Å². The first-order valence-corrected chi connectivity index (χ1v) is 10.7. The summed E-state index contributed by atoms with van der Waals surface area (Å²) in [5.41, 5.74) is 2.03. The van der Waals surface area contributed by atoms with Crippen LogP contribution in [0.4, 0.5) is 0 Å². The Morgan fingerprint density at radius 2 is 2.00 bits per heavy atom. The van der Waals surface area contributed by atoms with Gasteiger partial charge in [-0.3, -0.25) is 4.79 Å². The summed E-state index contributed by atoms with van der Waals surface area (Å²) in [5.74, 6) is 7.65. The van der Waals surface area contributed by atoms with E-state index in [-0.39, 0.29) is 36.9 Å². The highest BCUT2D eigenvalue weighted by molar-refractivity contribution is 5.77. The Hall–Kier alpha value is -2.97. The number of ether oxygens (including phenoxy) is 2. The summed E-state index contributed by atoms with van der Waals surface area (Å²) in [4.78, 5) is 14.3. The van der Waals surface area contributed by atoms with Crippen molar-refractivity contribution in [1.29, 1.82) is 0 Å². The number of likely N-dealkylation sites (tertiary alicyclic amines) is 1. The number of hydrogen-bond acceptors (Lipinski definition) is 4. The molecule has 1 N–H and O–H groups in total. The lowest BCUT2D eigenvalue weighted by atomic mass is 9.74. The van der Waals surface area contributed by atoms with E-state index in [1.165, 1.54) is 0 Å². The summed E-state index contributed by atoms with van der Waals surface area (Å²) in [7, 11) is 1.62. The molecule has 5 nitrogen and oxygen atoms in total. The Morgan fingerprint density at radius 3 is 2.68 bits per heavy atom. The van der Waals surface area contributed by atoms with E-state index in [1.54, 1.807) is 7.11 Å². The van der Waals surface area contributed by atoms with E-state index in [2.05, 4.69) is 31.8 Å². The first-order valence-electron chi connectivity index (χ1n) is 10.7. The van der Waals surface area contributed by atoms with Crippen LogP contribution in [0.5, 0.6) is 11.5 Å². The predicted octanol–water partition coefficient (Wildman–Crippen LogP) is 3.85. The summed E-state index contributed by atoms with van der Waals surface area (Å²) < 4.78 is 11.4. The average molecular weight is 422 g/mol. The Bertz CT molecular complexity index is 947. The van der Waals surface area contributed by atoms with E-state index < -0.39 is 0 Å². The molecule has 1 saturated heterocycles. The van der Waals surface area contributed by atoms with Crippen molar-refractivity contribution < 1.29 is 19.4 Å². The van der Waals surface area contributed by atoms with Crippen LogP contribution in [-0.4, -0.2) is 49.3 Å². The number of carbonyl (C=O) groups is 1. The second-order valence-electron chi connectivity index (χ2n) is 8.17. The molecule has 0 bridgehead atoms. The minimum atomic E-state index is -0.118. The van der Waals surface area contributed by atoms with Gasteiger partial charge in [-0.05, 0) is 41.7 Å². The zero-order valence-electron chi connectivity index (χ0n) is 18.6. The highest BCUT2D eigenvalue weighted by Gasteiger charge is 2.44. The van der Waals surface area contributed by atoms with Crippen molar-refractivity contribution in [3.63, 3.8) is 0 Å². The van der Waals surface area contributed by atoms with Gasteiger partial charge in [0.1, 0.15) is 6.61 Å². The van der Waals surface area contributed by atoms with E-state index in [1.807, 2.05) is 47.4 Å². The molecule has 1 aliphatic heterocycles. The van der Waals surface area contributed by atoms with E-state index in [4.69, 9.17) is 14.6 Å². The lowest BCUT2D eigenvalue weighted by Crippen LogP contribution is -2.31. The average Bonchev–Trinajstić information content (AvgIpc) is 3.16. The number of nitrogens with zero attached hydrogens (tertiary/aromatic N) is 1. The highest BCUT2D eigenvalue weighted by Crippen LogP contribution is 2.46. The number of methoxy groups -OCH3 is 1. The lowest BCUT2D eigenvalue weighted by Gasteiger charge is -2.29. The van der Waals surface area contributed by atoms with Crippen LogP contribution in [0.1, 0.15) is 43.7 Å². The van der Waals surface area contributed by atoms with Gasteiger partial charge in [0.25, 0.3) is 0 Å². The van der Waals surface area contributed by atoms with E-state index in [0.717, 1.165) is 17.5 Å². The minimum absolute atomic E-state index is 0.00541. The standard InChI is InChI=1S/C26H31NO4/c1-4-26(2)19-27(25(29)14-15-28)18-22(26)21-12-13-23(30-3)24(17-21)31-16-8-11-20-9-6-5-7-10-20/h5-7,9-10,12-13,17,22,28H,4,14-16,18-19H2,1-3H3. The fraction of sp³-hybridized carbons (Fsp3) is 0.423. The van der Waals surface area contributed by atoms with Crippen LogP contribution in [0, 0.1) is 17.3 Å². The van der Waals surface area contributed by atoms with Crippen molar-refractivity contribution in [1.82, 2.24) is 4.90 Å². The molecule has 1 fully saturated rings. The SMILES string of the molecule is CCC1(C)CN(C(=O)CCO)CC1c1ccc(OC)c(OCC#Cc2ccccc2)c1. The minimum Gasteiger partial charge on any atom is -0.493 e. The van der Waals surface area contributed by atoms with Gasteiger partial charge in [-0.15, -0.1) is 0 Å². The third kappa shape index (κ3) is 5.39. The second kappa shape index (κ2) is 10.4. The molecule has 2 atom stereocenters. The zero-order chi connectivity index (χ0) is 22.3. The molecule has 2 aromatic carbocycles. The van der Waals surface area contributed by atoms with Gasteiger partial charge >= 0.3 is 0 Å². The van der Waals surface area contributed by atoms with E-state index in [9.17, 15) is 4.79 Å². The highest BCUT2D eigenvalue weighted by atomic mass is 16.5. The van der Waals surface area contributed by atoms with E-state index >= 15 is 0 Å². The number of carbonyl (C=O) groups excluding carboxylic acids is 1. The Kier molecular flexibility index (Phi) is 7.59. The van der Waals surface area contributed by atoms with Gasteiger partial charge in [0.15, 0.2) is 11.5 Å². The first-order chi connectivity index (χ1) is 15.0. The number of benzene rings is 2. The van der Waals surface area contributed by atoms with Crippen molar-refractivity contribution >= 4 is 5.91 Å². The third-order valence-electron chi connectivity index (χ3n) is 6.18. The molecular weight excluding hydrogens is 390 g/mol. The maximum absolute atomic E-state index is 12.4. The Labute approximate surface area is 185 Å². The number of amides is 1. The predicted molar refractivity (Wildman–Crippen MR) is 121 cm³/mol. The molecule has 0 spiro atoms. The topological polar surface area (TPSA) is 59.0 Å². The smallest absolute Gasteiger partial charge is 0.224 e. The van der Waals surface area contributed by atoms with Crippen LogP contribution >= 0.6 is 0 Å². The molecule has 1 aliphatic rings. The number of aliphatic hydroxyl groups is 1. The van der Waals surface area contributed by atoms with Crippen molar-refractivity contribution in [2.24, 2.45) is 5.41 Å². The molecule has 2 unspecified atom stereocenters. The van der Waals surface area contributed by atoms with Crippen molar-refractivity contribution in [2.45, 2.75) is 32.6 Å². The fourth-order valence-corrected chi connectivity index (χ4v) is 4.16. The van der Waals surface area contributed by atoms with Gasteiger partial charge in [0.05, 0.1) is 13.7 Å². The molecule has 5 heteroatoms. The molecule has 164 valence electrons. The molecule has 1 amide bonds. The molecule has 1 heterocycles. The monoisotopic (exact) mass is 421 g/mol. The van der Waals surface area contributed by atoms with Crippen LogP contribution < -0.4 is 9.47 Å². The molecule has 0 aliphatic carbocycles. The molecule has 31 heavy (non-hydrogen) atoms. The summed E-state index contributed by atoms with van der Waals surface area (Å²) in [6, 6.07) is 15.8. The molecular formula is C26H31NO4. The Morgan fingerprint density at radius 1 is 1.23 bits per heavy atom. The molecule has 0 aromatic heterocycles. The van der Waals surface area contributed by atoms with Crippen LogP contribution in [0.15, 0.2) is 48.5 Å². The van der Waals surface area contributed by atoms with Crippen molar-refractivity contribution in [3.05, 3.63) is 59.7 Å². The maximum atomic E-state index is 12.4. The lowest BCUT2D eigenvalue weighted by molar-refractivity contribution is -0.131. The van der Waals surface area contributed by atoms with Gasteiger partial charge in [-0.1, -0.05) is 50.0 Å². The van der Waals surface area contributed by atoms with Gasteiger partial charge in [-0.2, -0.15) is 0 Å². The first kappa shape index (κ1) is 22.7. The summed E-state index contributed by atoms with van der Waals surface area (Å²) in [5, 5.41) is 9.15. The van der Waals surface area contributed by atoms with Crippen LogP contribution in [0.25, 0.3) is 0 Å². The van der Waals surface area contributed by atoms with E-state index in [0.29, 0.717) is 24.6 Å². The second-order valence-corrected chi connectivity index (χ2v) is 8.17. The van der Waals surface area contributed by atoms with Crippen molar-refractivity contribution in [2.75, 3.05) is 33.4 Å². The summed E-state index contributed by atoms with van der Waals surface area (Å²) in [6.45, 7) is 5.85. The maximum Gasteiger partial charge on any atom is 0.224 e. The number of aliphatic hydroxyl groups excluding tert-OH is 1. The van der Waals surface area contributed by atoms with Gasteiger partial charge in [0.2, 0.25) is 5.91 Å². The van der Waals surface area contributed by atoms with Gasteiger partial charge < -0.3 is 19.5 Å². The fourth-order valence-electron chi connectivity index (χ4n) is 4.16. The van der Waals surface area contributed by atoms with Crippen LogP contribution in [0.2, 0.25) is 0 Å². The normalized spacial score (nSPS) is 20.1. The van der Waals surface area contributed by atoms with Crippen LogP contribution in [0.3, 0.4) is 0 Å². The van der Waals surface area contributed by atoms with Gasteiger partial charge in [0, 0.05) is 31.0 Å². The summed E-state index contributed by atoms with van der Waals surface area (Å²) in [6.07, 6.45) is 1.12. The quantitative estimate of drug-likeness (QED) is 0.690. The van der Waals surface area contributed by atoms with Crippen molar-refractivity contribution in [3.8, 4) is 23.3 Å². The molecule has 0 radical (unpaired) electrons. The number of hydrogen-bond donors (Lipinski definition) is 1. The zero-order valence-corrected chi connectivity index (χ0v) is 18.6. The summed E-state index contributed by atoms with van der Waals surface area (Å²) >= 11 is 0.